The largest absolute Gasteiger partial charge is 0.248 e. The van der Waals surface area contributed by atoms with Crippen molar-refractivity contribution in [1.29, 1.82) is 0 Å². The van der Waals surface area contributed by atoms with Crippen LogP contribution >= 0.6 is 24.0 Å². The second kappa shape index (κ2) is 7.45. The SMILES string of the molecule is Cc1ccccc1-c1cc(-c2ccccc2F)c2cc(Cl)ccc2n1.Cl. The van der Waals surface area contributed by atoms with Crippen LogP contribution < -0.4 is 0 Å². The summed E-state index contributed by atoms with van der Waals surface area (Å²) in [5.41, 5.74) is 5.13. The molecule has 0 N–H and O–H groups in total. The molecule has 0 aliphatic rings. The molecule has 0 bridgehead atoms. The molecule has 0 radical (unpaired) electrons. The molecule has 4 aromatic rings. The molecule has 0 amide bonds. The van der Waals surface area contributed by atoms with Crippen LogP contribution in [-0.4, -0.2) is 4.98 Å². The molecule has 4 heteroatoms. The number of aryl methyl sites for hydroxylation is 1. The third kappa shape index (κ3) is 3.31. The lowest BCUT2D eigenvalue weighted by Crippen LogP contribution is -1.93. The maximum Gasteiger partial charge on any atom is 0.131 e. The number of rotatable bonds is 2. The van der Waals surface area contributed by atoms with E-state index in [1.54, 1.807) is 12.1 Å². The van der Waals surface area contributed by atoms with Gasteiger partial charge >= 0.3 is 0 Å². The van der Waals surface area contributed by atoms with E-state index >= 15 is 0 Å². The van der Waals surface area contributed by atoms with Gasteiger partial charge in [0, 0.05) is 21.5 Å². The summed E-state index contributed by atoms with van der Waals surface area (Å²) in [5.74, 6) is -0.259. The molecule has 1 heterocycles. The Morgan fingerprint density at radius 1 is 0.808 bits per heavy atom. The summed E-state index contributed by atoms with van der Waals surface area (Å²) in [6.07, 6.45) is 0. The summed E-state index contributed by atoms with van der Waals surface area (Å²) < 4.78 is 14.5. The number of benzene rings is 3. The van der Waals surface area contributed by atoms with Gasteiger partial charge in [0.15, 0.2) is 0 Å². The van der Waals surface area contributed by atoms with Gasteiger partial charge in [0.25, 0.3) is 0 Å². The second-order valence-corrected chi connectivity index (χ2v) is 6.45. The van der Waals surface area contributed by atoms with E-state index in [-0.39, 0.29) is 18.2 Å². The van der Waals surface area contributed by atoms with Gasteiger partial charge in [-0.2, -0.15) is 0 Å². The van der Waals surface area contributed by atoms with Crippen LogP contribution in [0.15, 0.2) is 72.8 Å². The molecule has 130 valence electrons. The monoisotopic (exact) mass is 383 g/mol. The standard InChI is InChI=1S/C22H15ClFN.ClH/c1-14-6-2-3-7-16(14)22-13-18(17-8-4-5-9-20(17)24)19-12-15(23)10-11-21(19)25-22;/h2-13H,1H3;1H. The van der Waals surface area contributed by atoms with Crippen LogP contribution in [0, 0.1) is 12.7 Å². The smallest absolute Gasteiger partial charge is 0.131 e. The van der Waals surface area contributed by atoms with Crippen LogP contribution in [0.25, 0.3) is 33.3 Å². The van der Waals surface area contributed by atoms with Gasteiger partial charge in [-0.3, -0.25) is 0 Å². The minimum absolute atomic E-state index is 0. The average Bonchev–Trinajstić information content (AvgIpc) is 2.62. The summed E-state index contributed by atoms with van der Waals surface area (Å²) in [6, 6.07) is 22.3. The molecule has 26 heavy (non-hydrogen) atoms. The van der Waals surface area contributed by atoms with E-state index in [2.05, 4.69) is 0 Å². The molecule has 1 aromatic heterocycles. The van der Waals surface area contributed by atoms with Gasteiger partial charge < -0.3 is 0 Å². The number of nitrogens with zero attached hydrogens (tertiary/aromatic N) is 1. The van der Waals surface area contributed by atoms with E-state index in [0.717, 1.165) is 33.3 Å². The molecular weight excluding hydrogens is 368 g/mol. The minimum atomic E-state index is -0.259. The van der Waals surface area contributed by atoms with Crippen LogP contribution in [0.5, 0.6) is 0 Å². The number of fused-ring (bicyclic) bond motifs is 1. The Kier molecular flexibility index (Phi) is 5.26. The molecule has 3 aromatic carbocycles. The van der Waals surface area contributed by atoms with Crippen LogP contribution in [0.3, 0.4) is 0 Å². The topological polar surface area (TPSA) is 12.9 Å². The lowest BCUT2D eigenvalue weighted by atomic mass is 9.96. The van der Waals surface area contributed by atoms with Crippen molar-refractivity contribution in [2.75, 3.05) is 0 Å². The highest BCUT2D eigenvalue weighted by Gasteiger charge is 2.13. The first-order chi connectivity index (χ1) is 12.1. The van der Waals surface area contributed by atoms with E-state index in [9.17, 15) is 4.39 Å². The van der Waals surface area contributed by atoms with Crippen molar-refractivity contribution >= 4 is 34.9 Å². The van der Waals surface area contributed by atoms with Crippen molar-refractivity contribution in [3.05, 3.63) is 89.2 Å². The molecule has 0 atom stereocenters. The summed E-state index contributed by atoms with van der Waals surface area (Å²) >= 11 is 6.18. The molecular formula is C22H16Cl2FN. The number of aromatic nitrogens is 1. The van der Waals surface area contributed by atoms with Crippen LogP contribution in [0.2, 0.25) is 5.02 Å². The van der Waals surface area contributed by atoms with E-state index in [4.69, 9.17) is 16.6 Å². The van der Waals surface area contributed by atoms with Gasteiger partial charge in [-0.05, 0) is 48.4 Å². The molecule has 0 spiro atoms. The maximum atomic E-state index is 14.5. The van der Waals surface area contributed by atoms with E-state index in [0.29, 0.717) is 10.6 Å². The molecule has 0 saturated heterocycles. The first kappa shape index (κ1) is 18.4. The highest BCUT2D eigenvalue weighted by atomic mass is 35.5. The Morgan fingerprint density at radius 2 is 1.50 bits per heavy atom. The third-order valence-corrected chi connectivity index (χ3v) is 4.59. The molecule has 0 unspecified atom stereocenters. The zero-order chi connectivity index (χ0) is 17.4. The second-order valence-electron chi connectivity index (χ2n) is 6.01. The zero-order valence-corrected chi connectivity index (χ0v) is 15.6. The van der Waals surface area contributed by atoms with Crippen molar-refractivity contribution in [3.8, 4) is 22.4 Å². The molecule has 0 aliphatic heterocycles. The molecule has 0 fully saturated rings. The number of halogens is 3. The van der Waals surface area contributed by atoms with Crippen LogP contribution in [0.4, 0.5) is 4.39 Å². The van der Waals surface area contributed by atoms with Gasteiger partial charge in [0.1, 0.15) is 5.82 Å². The molecule has 0 aliphatic carbocycles. The predicted molar refractivity (Wildman–Crippen MR) is 110 cm³/mol. The van der Waals surface area contributed by atoms with E-state index in [1.807, 2.05) is 61.5 Å². The van der Waals surface area contributed by atoms with Crippen LogP contribution in [-0.2, 0) is 0 Å². The van der Waals surface area contributed by atoms with E-state index < -0.39 is 0 Å². The molecule has 0 saturated carbocycles. The molecule has 4 rings (SSSR count). The number of hydrogen-bond donors (Lipinski definition) is 0. The molecule has 1 nitrogen and oxygen atoms in total. The fraction of sp³-hybridized carbons (Fsp3) is 0.0455. The highest BCUT2D eigenvalue weighted by molar-refractivity contribution is 6.31. The van der Waals surface area contributed by atoms with E-state index in [1.165, 1.54) is 6.07 Å². The van der Waals surface area contributed by atoms with Crippen molar-refractivity contribution in [1.82, 2.24) is 4.98 Å². The van der Waals surface area contributed by atoms with Crippen LogP contribution in [0.1, 0.15) is 5.56 Å². The lowest BCUT2D eigenvalue weighted by Gasteiger charge is -2.12. The minimum Gasteiger partial charge on any atom is -0.248 e. The Morgan fingerprint density at radius 3 is 2.23 bits per heavy atom. The Hall–Kier alpha value is -2.42. The lowest BCUT2D eigenvalue weighted by molar-refractivity contribution is 0.631. The van der Waals surface area contributed by atoms with Gasteiger partial charge in [-0.1, -0.05) is 54.1 Å². The average molecular weight is 384 g/mol. The summed E-state index contributed by atoms with van der Waals surface area (Å²) in [6.45, 7) is 2.05. The Bertz CT molecular complexity index is 1090. The number of pyridine rings is 1. The van der Waals surface area contributed by atoms with Gasteiger partial charge in [-0.15, -0.1) is 12.4 Å². The Labute approximate surface area is 162 Å². The Balaban J connectivity index is 0.00000196. The number of hydrogen-bond acceptors (Lipinski definition) is 1. The zero-order valence-electron chi connectivity index (χ0n) is 14.0. The third-order valence-electron chi connectivity index (χ3n) is 4.36. The fourth-order valence-corrected chi connectivity index (χ4v) is 3.27. The van der Waals surface area contributed by atoms with Crippen molar-refractivity contribution in [2.24, 2.45) is 0 Å². The normalized spacial score (nSPS) is 10.6. The van der Waals surface area contributed by atoms with Gasteiger partial charge in [-0.25, -0.2) is 9.37 Å². The first-order valence-electron chi connectivity index (χ1n) is 8.05. The predicted octanol–water partition coefficient (Wildman–Crippen LogP) is 7.09. The van der Waals surface area contributed by atoms with Gasteiger partial charge in [0.2, 0.25) is 0 Å². The summed E-state index contributed by atoms with van der Waals surface area (Å²) in [7, 11) is 0. The quantitative estimate of drug-likeness (QED) is 0.359. The fourth-order valence-electron chi connectivity index (χ4n) is 3.10. The highest BCUT2D eigenvalue weighted by Crippen LogP contribution is 2.35. The van der Waals surface area contributed by atoms with Gasteiger partial charge in [0.05, 0.1) is 11.2 Å². The summed E-state index contributed by atoms with van der Waals surface area (Å²) in [5, 5.41) is 1.45. The summed E-state index contributed by atoms with van der Waals surface area (Å²) in [4.78, 5) is 4.78. The van der Waals surface area contributed by atoms with Crippen molar-refractivity contribution < 1.29 is 4.39 Å². The van der Waals surface area contributed by atoms with Crippen molar-refractivity contribution in [3.63, 3.8) is 0 Å². The van der Waals surface area contributed by atoms with Crippen molar-refractivity contribution in [2.45, 2.75) is 6.92 Å². The maximum absolute atomic E-state index is 14.5. The first-order valence-corrected chi connectivity index (χ1v) is 8.42.